The van der Waals surface area contributed by atoms with Gasteiger partial charge in [-0.15, -0.1) is 0 Å². The van der Waals surface area contributed by atoms with Crippen molar-refractivity contribution in [2.75, 3.05) is 7.11 Å². The van der Waals surface area contributed by atoms with Crippen LogP contribution in [0.15, 0.2) is 35.3 Å². The summed E-state index contributed by atoms with van der Waals surface area (Å²) in [5.74, 6) is -0.669. The first-order chi connectivity index (χ1) is 8.72. The Morgan fingerprint density at radius 3 is 2.94 bits per heavy atom. The summed E-state index contributed by atoms with van der Waals surface area (Å²) in [5.41, 5.74) is 0.295. The Bertz CT molecular complexity index is 819. The molecule has 0 aliphatic carbocycles. The lowest BCUT2D eigenvalue weighted by molar-refractivity contribution is 0.0598. The number of rotatable bonds is 1. The van der Waals surface area contributed by atoms with Crippen molar-refractivity contribution >= 4 is 32.5 Å². The van der Waals surface area contributed by atoms with Gasteiger partial charge < -0.3 is 4.74 Å². The molecule has 18 heavy (non-hydrogen) atoms. The Kier molecular flexibility index (Phi) is 2.38. The molecule has 6 heteroatoms. The number of nitrogens with zero attached hydrogens (tertiary/aromatic N) is 2. The molecule has 3 rings (SSSR count). The summed E-state index contributed by atoms with van der Waals surface area (Å²) < 4.78 is 6.95. The minimum absolute atomic E-state index is 0.0569. The lowest BCUT2D eigenvalue weighted by atomic mass is 10.3. The van der Waals surface area contributed by atoms with Gasteiger partial charge in [0.2, 0.25) is 0 Å². The molecule has 2 heterocycles. The van der Waals surface area contributed by atoms with E-state index in [1.807, 2.05) is 24.3 Å². The van der Waals surface area contributed by atoms with Gasteiger partial charge in [0.05, 0.1) is 23.5 Å². The van der Waals surface area contributed by atoms with E-state index in [9.17, 15) is 9.59 Å². The van der Waals surface area contributed by atoms with Gasteiger partial charge in [-0.25, -0.2) is 9.78 Å². The van der Waals surface area contributed by atoms with Crippen LogP contribution in [0, 0.1) is 0 Å². The van der Waals surface area contributed by atoms with Gasteiger partial charge in [-0.3, -0.25) is 9.20 Å². The van der Waals surface area contributed by atoms with Crippen molar-refractivity contribution in [1.29, 1.82) is 0 Å². The Morgan fingerprint density at radius 1 is 1.39 bits per heavy atom. The predicted molar refractivity (Wildman–Crippen MR) is 68.2 cm³/mol. The predicted octanol–water partition coefficient (Wildman–Crippen LogP) is 1.70. The molecule has 0 radical (unpaired) electrons. The van der Waals surface area contributed by atoms with Crippen molar-refractivity contribution in [2.45, 2.75) is 0 Å². The zero-order valence-corrected chi connectivity index (χ0v) is 10.2. The van der Waals surface area contributed by atoms with E-state index in [0.29, 0.717) is 4.96 Å². The number of carbonyl (C=O) groups is 1. The van der Waals surface area contributed by atoms with Crippen LogP contribution in [0.4, 0.5) is 0 Å². The van der Waals surface area contributed by atoms with Crippen LogP contribution in [-0.2, 0) is 4.74 Å². The molecule has 0 saturated heterocycles. The third kappa shape index (κ3) is 1.42. The molecule has 0 atom stereocenters. The molecule has 90 valence electrons. The largest absolute Gasteiger partial charge is 0.465 e. The summed E-state index contributed by atoms with van der Waals surface area (Å²) in [6.07, 6.45) is 1.26. The summed E-state index contributed by atoms with van der Waals surface area (Å²) in [6, 6.07) is 7.46. The van der Waals surface area contributed by atoms with E-state index in [-0.39, 0.29) is 5.56 Å². The lowest BCUT2D eigenvalue weighted by Crippen LogP contribution is -2.22. The molecule has 0 unspecified atom stereocenters. The second-order valence-corrected chi connectivity index (χ2v) is 4.67. The first kappa shape index (κ1) is 10.9. The molecule has 3 aromatic rings. The number of benzene rings is 1. The molecule has 2 aromatic heterocycles. The Hall–Kier alpha value is -2.21. The van der Waals surface area contributed by atoms with Gasteiger partial charge in [-0.1, -0.05) is 23.5 Å². The van der Waals surface area contributed by atoms with Gasteiger partial charge in [0.15, 0.2) is 4.96 Å². The fourth-order valence-corrected chi connectivity index (χ4v) is 2.79. The maximum atomic E-state index is 12.2. The van der Waals surface area contributed by atoms with E-state index in [2.05, 4.69) is 9.72 Å². The van der Waals surface area contributed by atoms with Crippen LogP contribution < -0.4 is 5.56 Å². The molecule has 0 N–H and O–H groups in total. The summed E-state index contributed by atoms with van der Waals surface area (Å²) in [7, 11) is 1.24. The number of hydrogen-bond donors (Lipinski definition) is 0. The number of hydrogen-bond acceptors (Lipinski definition) is 5. The van der Waals surface area contributed by atoms with Crippen molar-refractivity contribution < 1.29 is 9.53 Å². The molecule has 0 fully saturated rings. The second kappa shape index (κ2) is 3.92. The maximum absolute atomic E-state index is 12.2. The van der Waals surface area contributed by atoms with Gasteiger partial charge in [-0.2, -0.15) is 0 Å². The van der Waals surface area contributed by atoms with E-state index >= 15 is 0 Å². The quantitative estimate of drug-likeness (QED) is 0.625. The maximum Gasteiger partial charge on any atom is 0.345 e. The molecule has 0 amide bonds. The van der Waals surface area contributed by atoms with Crippen molar-refractivity contribution in [2.24, 2.45) is 0 Å². The minimum atomic E-state index is -0.669. The van der Waals surface area contributed by atoms with Crippen LogP contribution in [-0.4, -0.2) is 22.5 Å². The lowest BCUT2D eigenvalue weighted by Gasteiger charge is -1.99. The van der Waals surface area contributed by atoms with Crippen LogP contribution in [0.2, 0.25) is 0 Å². The van der Waals surface area contributed by atoms with Crippen LogP contribution in [0.3, 0.4) is 0 Å². The van der Waals surface area contributed by atoms with Gasteiger partial charge in [0.25, 0.3) is 5.56 Å². The van der Waals surface area contributed by atoms with Gasteiger partial charge >= 0.3 is 5.97 Å². The van der Waals surface area contributed by atoms with Crippen LogP contribution in [0.5, 0.6) is 0 Å². The van der Waals surface area contributed by atoms with E-state index in [1.54, 1.807) is 0 Å². The normalized spacial score (nSPS) is 10.9. The number of esters is 1. The Morgan fingerprint density at radius 2 is 2.17 bits per heavy atom. The molecule has 5 nitrogen and oxygen atoms in total. The molecule has 0 aliphatic rings. The molecular weight excluding hydrogens is 252 g/mol. The van der Waals surface area contributed by atoms with Crippen LogP contribution >= 0.6 is 11.3 Å². The Balaban J connectivity index is 2.47. The summed E-state index contributed by atoms with van der Waals surface area (Å²) in [5, 5.41) is 0. The number of aromatic nitrogens is 2. The summed E-state index contributed by atoms with van der Waals surface area (Å²) in [4.78, 5) is 28.4. The molecule has 0 aliphatic heterocycles. The smallest absolute Gasteiger partial charge is 0.345 e. The highest BCUT2D eigenvalue weighted by Crippen LogP contribution is 2.23. The summed E-state index contributed by atoms with van der Waals surface area (Å²) >= 11 is 1.40. The fourth-order valence-electron chi connectivity index (χ4n) is 1.80. The molecule has 0 saturated carbocycles. The van der Waals surface area contributed by atoms with E-state index < -0.39 is 11.5 Å². The topological polar surface area (TPSA) is 60.7 Å². The average molecular weight is 260 g/mol. The van der Waals surface area contributed by atoms with E-state index in [1.165, 1.54) is 29.0 Å². The van der Waals surface area contributed by atoms with Gasteiger partial charge in [0.1, 0.15) is 5.56 Å². The highest BCUT2D eigenvalue weighted by atomic mass is 32.1. The Labute approximate surface area is 105 Å². The number of ether oxygens (including phenoxy) is 1. The monoisotopic (exact) mass is 260 g/mol. The van der Waals surface area contributed by atoms with Crippen LogP contribution in [0.1, 0.15) is 10.4 Å². The number of methoxy groups -OCH3 is 1. The third-order valence-corrected chi connectivity index (χ3v) is 3.68. The fraction of sp³-hybridized carbons (Fsp3) is 0.0833. The van der Waals surface area contributed by atoms with Gasteiger partial charge in [-0.05, 0) is 12.1 Å². The SMILES string of the molecule is COC(=O)c1cnc2sc3ccccc3n2c1=O. The number of carbonyl (C=O) groups excluding carboxylic acids is 1. The molecule has 1 aromatic carbocycles. The van der Waals surface area contributed by atoms with Crippen molar-refractivity contribution in [3.8, 4) is 0 Å². The van der Waals surface area contributed by atoms with E-state index in [0.717, 1.165) is 10.2 Å². The zero-order chi connectivity index (χ0) is 12.7. The third-order valence-electron chi connectivity index (χ3n) is 2.64. The second-order valence-electron chi connectivity index (χ2n) is 3.66. The van der Waals surface area contributed by atoms with Crippen LogP contribution in [0.25, 0.3) is 15.2 Å². The standard InChI is InChI=1S/C12H8N2O3S/c1-17-11(16)7-6-13-12-14(10(7)15)8-4-2-3-5-9(8)18-12/h2-6H,1H3. The number of para-hydroxylation sites is 1. The highest BCUT2D eigenvalue weighted by Gasteiger charge is 2.16. The molecule has 0 bridgehead atoms. The molecular formula is C12H8N2O3S. The average Bonchev–Trinajstić information content (AvgIpc) is 2.77. The van der Waals surface area contributed by atoms with E-state index in [4.69, 9.17) is 0 Å². The number of fused-ring (bicyclic) bond motifs is 3. The summed E-state index contributed by atoms with van der Waals surface area (Å²) in [6.45, 7) is 0. The van der Waals surface area contributed by atoms with Crippen molar-refractivity contribution in [3.05, 3.63) is 46.4 Å². The highest BCUT2D eigenvalue weighted by molar-refractivity contribution is 7.23. The zero-order valence-electron chi connectivity index (χ0n) is 9.41. The van der Waals surface area contributed by atoms with Crippen molar-refractivity contribution in [1.82, 2.24) is 9.38 Å². The number of thiazole rings is 1. The molecule has 0 spiro atoms. The first-order valence-electron chi connectivity index (χ1n) is 5.20. The first-order valence-corrected chi connectivity index (χ1v) is 6.01. The van der Waals surface area contributed by atoms with Gasteiger partial charge in [0, 0.05) is 0 Å². The minimum Gasteiger partial charge on any atom is -0.465 e. The van der Waals surface area contributed by atoms with Crippen molar-refractivity contribution in [3.63, 3.8) is 0 Å².